The van der Waals surface area contributed by atoms with Crippen molar-refractivity contribution in [1.29, 1.82) is 0 Å². The summed E-state index contributed by atoms with van der Waals surface area (Å²) in [7, 11) is 0. The Balaban J connectivity index is 1.82. The Hall–Kier alpha value is -0.450. The predicted octanol–water partition coefficient (Wildman–Crippen LogP) is 2.15. The molecule has 16 heavy (non-hydrogen) atoms. The topological polar surface area (TPSA) is 34.2 Å². The summed E-state index contributed by atoms with van der Waals surface area (Å²) >= 11 is 1.75. The Morgan fingerprint density at radius 1 is 1.69 bits per heavy atom. The summed E-state index contributed by atoms with van der Waals surface area (Å²) in [5, 5.41) is 3.63. The Labute approximate surface area is 101 Å². The smallest absolute Gasteiger partial charge is 0.0797 e. The van der Waals surface area contributed by atoms with Gasteiger partial charge in [0.1, 0.15) is 0 Å². The molecule has 2 unspecified atom stereocenters. The maximum absolute atomic E-state index is 5.61. The van der Waals surface area contributed by atoms with Crippen molar-refractivity contribution in [2.75, 3.05) is 13.2 Å². The van der Waals surface area contributed by atoms with E-state index in [1.807, 2.05) is 5.51 Å². The molecule has 0 radical (unpaired) electrons. The van der Waals surface area contributed by atoms with Gasteiger partial charge in [-0.3, -0.25) is 0 Å². The molecule has 2 heterocycles. The lowest BCUT2D eigenvalue weighted by atomic mass is 9.94. The monoisotopic (exact) mass is 240 g/mol. The van der Waals surface area contributed by atoms with Gasteiger partial charge < -0.3 is 10.1 Å². The SMILES string of the molecule is Cc1ncsc1CCNC1(C)CCOC1C. The van der Waals surface area contributed by atoms with Crippen LogP contribution in [0.2, 0.25) is 0 Å². The molecule has 90 valence electrons. The Bertz CT molecular complexity index is 353. The van der Waals surface area contributed by atoms with Crippen LogP contribution < -0.4 is 5.32 Å². The largest absolute Gasteiger partial charge is 0.377 e. The first-order valence-electron chi connectivity index (χ1n) is 5.87. The van der Waals surface area contributed by atoms with Gasteiger partial charge in [0.05, 0.1) is 17.3 Å². The van der Waals surface area contributed by atoms with Gasteiger partial charge in [0.2, 0.25) is 0 Å². The molecule has 1 aromatic heterocycles. The molecule has 0 bridgehead atoms. The van der Waals surface area contributed by atoms with Crippen LogP contribution >= 0.6 is 11.3 Å². The summed E-state index contributed by atoms with van der Waals surface area (Å²) in [4.78, 5) is 5.66. The van der Waals surface area contributed by atoms with Gasteiger partial charge in [-0.25, -0.2) is 4.98 Å². The van der Waals surface area contributed by atoms with Crippen LogP contribution in [0.5, 0.6) is 0 Å². The second-order valence-corrected chi connectivity index (χ2v) is 5.66. The lowest BCUT2D eigenvalue weighted by molar-refractivity contribution is 0.0890. The molecule has 0 aromatic carbocycles. The first-order chi connectivity index (χ1) is 7.62. The predicted molar refractivity (Wildman–Crippen MR) is 67.0 cm³/mol. The molecule has 1 aliphatic heterocycles. The molecule has 4 heteroatoms. The Morgan fingerprint density at radius 3 is 3.06 bits per heavy atom. The molecule has 0 spiro atoms. The van der Waals surface area contributed by atoms with Crippen molar-refractivity contribution in [1.82, 2.24) is 10.3 Å². The van der Waals surface area contributed by atoms with Gasteiger partial charge in [0.15, 0.2) is 0 Å². The normalized spacial score (nSPS) is 29.8. The number of thiazole rings is 1. The number of nitrogens with zero attached hydrogens (tertiary/aromatic N) is 1. The fourth-order valence-electron chi connectivity index (χ4n) is 2.09. The van der Waals surface area contributed by atoms with E-state index in [-0.39, 0.29) is 5.54 Å². The molecule has 1 aromatic rings. The van der Waals surface area contributed by atoms with Crippen molar-refractivity contribution in [2.45, 2.75) is 45.3 Å². The second kappa shape index (κ2) is 4.82. The third kappa shape index (κ3) is 2.44. The standard InChI is InChI=1S/C12H20N2OS/c1-9-11(16-8-13-9)4-6-14-12(3)5-7-15-10(12)2/h8,10,14H,4-7H2,1-3H3. The van der Waals surface area contributed by atoms with E-state index in [2.05, 4.69) is 31.1 Å². The van der Waals surface area contributed by atoms with Crippen molar-refractivity contribution in [3.63, 3.8) is 0 Å². The van der Waals surface area contributed by atoms with E-state index in [0.717, 1.165) is 26.0 Å². The van der Waals surface area contributed by atoms with Gasteiger partial charge in [-0.15, -0.1) is 11.3 Å². The van der Waals surface area contributed by atoms with Crippen molar-refractivity contribution in [3.05, 3.63) is 16.1 Å². The summed E-state index contributed by atoms with van der Waals surface area (Å²) in [6.45, 7) is 8.37. The second-order valence-electron chi connectivity index (χ2n) is 4.72. The Kier molecular flexibility index (Phi) is 3.62. The van der Waals surface area contributed by atoms with E-state index in [1.165, 1.54) is 10.6 Å². The van der Waals surface area contributed by atoms with Crippen molar-refractivity contribution in [3.8, 4) is 0 Å². The van der Waals surface area contributed by atoms with Gasteiger partial charge in [-0.1, -0.05) is 0 Å². The number of rotatable bonds is 4. The Morgan fingerprint density at radius 2 is 2.50 bits per heavy atom. The number of nitrogens with one attached hydrogen (secondary N) is 1. The van der Waals surface area contributed by atoms with Crippen molar-refractivity contribution < 1.29 is 4.74 Å². The molecule has 1 fully saturated rings. The molecule has 1 N–H and O–H groups in total. The molecule has 1 saturated heterocycles. The van der Waals surface area contributed by atoms with Crippen LogP contribution in [0, 0.1) is 6.92 Å². The van der Waals surface area contributed by atoms with Gasteiger partial charge in [0, 0.05) is 23.6 Å². The first-order valence-corrected chi connectivity index (χ1v) is 6.75. The summed E-state index contributed by atoms with van der Waals surface area (Å²) in [6, 6.07) is 0. The fraction of sp³-hybridized carbons (Fsp3) is 0.750. The third-order valence-corrected chi connectivity index (χ3v) is 4.61. The van der Waals surface area contributed by atoms with Crippen LogP contribution in [0.25, 0.3) is 0 Å². The maximum Gasteiger partial charge on any atom is 0.0797 e. The van der Waals surface area contributed by atoms with E-state index >= 15 is 0 Å². The molecule has 3 nitrogen and oxygen atoms in total. The average molecular weight is 240 g/mol. The summed E-state index contributed by atoms with van der Waals surface area (Å²) in [5.74, 6) is 0. The highest BCUT2D eigenvalue weighted by molar-refractivity contribution is 7.09. The van der Waals surface area contributed by atoms with Crippen LogP contribution in [0.1, 0.15) is 30.8 Å². The van der Waals surface area contributed by atoms with Crippen LogP contribution in [-0.4, -0.2) is 29.8 Å². The lowest BCUT2D eigenvalue weighted by Gasteiger charge is -2.29. The van der Waals surface area contributed by atoms with Crippen LogP contribution in [-0.2, 0) is 11.2 Å². The minimum absolute atomic E-state index is 0.151. The van der Waals surface area contributed by atoms with Crippen LogP contribution in [0.3, 0.4) is 0 Å². The number of ether oxygens (including phenoxy) is 1. The summed E-state index contributed by atoms with van der Waals surface area (Å²) < 4.78 is 5.61. The molecule has 0 amide bonds. The molecule has 2 rings (SSSR count). The van der Waals surface area contributed by atoms with Gasteiger partial charge in [-0.05, 0) is 33.6 Å². The third-order valence-electron chi connectivity index (χ3n) is 3.61. The van der Waals surface area contributed by atoms with Gasteiger partial charge >= 0.3 is 0 Å². The van der Waals surface area contributed by atoms with Gasteiger partial charge in [-0.2, -0.15) is 0 Å². The zero-order valence-corrected chi connectivity index (χ0v) is 11.1. The quantitative estimate of drug-likeness (QED) is 0.875. The van der Waals surface area contributed by atoms with E-state index in [1.54, 1.807) is 11.3 Å². The van der Waals surface area contributed by atoms with E-state index < -0.39 is 0 Å². The van der Waals surface area contributed by atoms with Crippen molar-refractivity contribution in [2.24, 2.45) is 0 Å². The fourth-order valence-corrected chi connectivity index (χ4v) is 2.88. The zero-order chi connectivity index (χ0) is 11.6. The number of aromatic nitrogens is 1. The first kappa shape index (κ1) is 12.0. The highest BCUT2D eigenvalue weighted by atomic mass is 32.1. The highest BCUT2D eigenvalue weighted by Gasteiger charge is 2.36. The zero-order valence-electron chi connectivity index (χ0n) is 10.2. The van der Waals surface area contributed by atoms with Crippen molar-refractivity contribution >= 4 is 11.3 Å². The molecular formula is C12H20N2OS. The maximum atomic E-state index is 5.61. The molecule has 1 aliphatic rings. The van der Waals surface area contributed by atoms with E-state index in [0.29, 0.717) is 6.10 Å². The number of hydrogen-bond acceptors (Lipinski definition) is 4. The van der Waals surface area contributed by atoms with E-state index in [9.17, 15) is 0 Å². The van der Waals surface area contributed by atoms with Crippen LogP contribution in [0.4, 0.5) is 0 Å². The van der Waals surface area contributed by atoms with Crippen LogP contribution in [0.15, 0.2) is 5.51 Å². The lowest BCUT2D eigenvalue weighted by Crippen LogP contribution is -2.48. The molecule has 0 saturated carbocycles. The minimum atomic E-state index is 0.151. The average Bonchev–Trinajstić information content (AvgIpc) is 2.77. The highest BCUT2D eigenvalue weighted by Crippen LogP contribution is 2.25. The molecule has 2 atom stereocenters. The minimum Gasteiger partial charge on any atom is -0.377 e. The van der Waals surface area contributed by atoms with Gasteiger partial charge in [0.25, 0.3) is 0 Å². The number of aryl methyl sites for hydroxylation is 1. The molecular weight excluding hydrogens is 220 g/mol. The summed E-state index contributed by atoms with van der Waals surface area (Å²) in [6.07, 6.45) is 2.49. The molecule has 0 aliphatic carbocycles. The van der Waals surface area contributed by atoms with E-state index in [4.69, 9.17) is 4.74 Å². The summed E-state index contributed by atoms with van der Waals surface area (Å²) in [5.41, 5.74) is 3.25. The number of hydrogen-bond donors (Lipinski definition) is 1.